The number of hydrogen-bond acceptors (Lipinski definition) is 7. The number of aliphatic imine (C=N–C) groups is 1. The molecule has 24 heavy (non-hydrogen) atoms. The Kier molecular flexibility index (Phi) is 3.51. The minimum Gasteiger partial charge on any atom is -0.474 e. The normalized spacial score (nSPS) is 18.1. The van der Waals surface area contributed by atoms with Gasteiger partial charge < -0.3 is 19.2 Å². The largest absolute Gasteiger partial charge is 0.491 e. The topological polar surface area (TPSA) is 86.1 Å². The molecule has 1 aromatic carbocycles. The van der Waals surface area contributed by atoms with Crippen LogP contribution in [0.5, 0.6) is 11.6 Å². The SMILES string of the molecule is CC1(C)COC(c2cnc(Oc3cccc4c3COB4O)cn2)=N1. The van der Waals surface area contributed by atoms with Crippen molar-refractivity contribution in [2.75, 3.05) is 6.61 Å². The van der Waals surface area contributed by atoms with E-state index in [1.807, 2.05) is 26.0 Å². The van der Waals surface area contributed by atoms with Crippen molar-refractivity contribution in [2.24, 2.45) is 4.99 Å². The van der Waals surface area contributed by atoms with E-state index in [0.29, 0.717) is 41.9 Å². The summed E-state index contributed by atoms with van der Waals surface area (Å²) < 4.78 is 16.5. The molecule has 3 heterocycles. The number of aromatic nitrogens is 2. The number of rotatable bonds is 3. The van der Waals surface area contributed by atoms with E-state index in [9.17, 15) is 5.02 Å². The first kappa shape index (κ1) is 15.1. The molecule has 0 fully saturated rings. The molecule has 0 saturated heterocycles. The minimum absolute atomic E-state index is 0.238. The van der Waals surface area contributed by atoms with E-state index >= 15 is 0 Å². The first-order valence-corrected chi connectivity index (χ1v) is 7.66. The van der Waals surface area contributed by atoms with Gasteiger partial charge in [0.05, 0.1) is 24.5 Å². The quantitative estimate of drug-likeness (QED) is 0.849. The van der Waals surface area contributed by atoms with Gasteiger partial charge in [0.15, 0.2) is 0 Å². The van der Waals surface area contributed by atoms with Crippen LogP contribution in [0.2, 0.25) is 0 Å². The average Bonchev–Trinajstić information content (AvgIpc) is 3.12. The zero-order valence-corrected chi connectivity index (χ0v) is 13.4. The summed E-state index contributed by atoms with van der Waals surface area (Å²) >= 11 is 0. The van der Waals surface area contributed by atoms with Crippen LogP contribution in [0.25, 0.3) is 0 Å². The van der Waals surface area contributed by atoms with E-state index in [1.54, 1.807) is 12.3 Å². The lowest BCUT2D eigenvalue weighted by molar-refractivity contribution is 0.272. The van der Waals surface area contributed by atoms with Crippen LogP contribution in [0.4, 0.5) is 0 Å². The average molecular weight is 325 g/mol. The van der Waals surface area contributed by atoms with Gasteiger partial charge in [0, 0.05) is 5.56 Å². The third kappa shape index (κ3) is 2.74. The second-order valence-corrected chi connectivity index (χ2v) is 6.35. The van der Waals surface area contributed by atoms with E-state index in [1.165, 1.54) is 6.20 Å². The molecule has 0 atom stereocenters. The summed E-state index contributed by atoms with van der Waals surface area (Å²) in [6, 6.07) is 5.42. The molecule has 0 bridgehead atoms. The maximum atomic E-state index is 9.74. The second kappa shape index (κ2) is 5.57. The van der Waals surface area contributed by atoms with Crippen molar-refractivity contribution >= 4 is 18.5 Å². The molecule has 0 amide bonds. The summed E-state index contributed by atoms with van der Waals surface area (Å²) in [7, 11) is -0.905. The lowest BCUT2D eigenvalue weighted by Gasteiger charge is -2.09. The van der Waals surface area contributed by atoms with E-state index in [-0.39, 0.29) is 5.54 Å². The van der Waals surface area contributed by atoms with Crippen molar-refractivity contribution in [1.29, 1.82) is 0 Å². The van der Waals surface area contributed by atoms with E-state index in [0.717, 1.165) is 5.56 Å². The van der Waals surface area contributed by atoms with E-state index in [4.69, 9.17) is 14.1 Å². The Morgan fingerprint density at radius 3 is 2.83 bits per heavy atom. The number of benzene rings is 1. The molecule has 122 valence electrons. The van der Waals surface area contributed by atoms with Crippen LogP contribution in [0.1, 0.15) is 25.1 Å². The summed E-state index contributed by atoms with van der Waals surface area (Å²) in [5, 5.41) is 9.74. The predicted molar refractivity (Wildman–Crippen MR) is 87.5 cm³/mol. The third-order valence-corrected chi connectivity index (χ3v) is 3.85. The van der Waals surface area contributed by atoms with Crippen molar-refractivity contribution in [3.05, 3.63) is 41.9 Å². The third-order valence-electron chi connectivity index (χ3n) is 3.85. The summed E-state index contributed by atoms with van der Waals surface area (Å²) in [5.41, 5.74) is 1.87. The number of nitrogens with zero attached hydrogens (tertiary/aromatic N) is 3. The Morgan fingerprint density at radius 2 is 2.12 bits per heavy atom. The van der Waals surface area contributed by atoms with Crippen molar-refractivity contribution in [1.82, 2.24) is 9.97 Å². The Balaban J connectivity index is 1.55. The van der Waals surface area contributed by atoms with Gasteiger partial charge >= 0.3 is 7.12 Å². The molecule has 1 aromatic heterocycles. The van der Waals surface area contributed by atoms with Crippen LogP contribution in [0.15, 0.2) is 35.6 Å². The Bertz CT molecular complexity index is 807. The number of ether oxygens (including phenoxy) is 2. The molecule has 4 rings (SSSR count). The molecule has 8 heteroatoms. The van der Waals surface area contributed by atoms with Gasteiger partial charge in [-0.1, -0.05) is 12.1 Å². The van der Waals surface area contributed by atoms with Gasteiger partial charge in [-0.3, -0.25) is 0 Å². The maximum Gasteiger partial charge on any atom is 0.491 e. The highest BCUT2D eigenvalue weighted by atomic mass is 16.5. The van der Waals surface area contributed by atoms with Crippen LogP contribution in [0, 0.1) is 0 Å². The molecule has 0 aliphatic carbocycles. The smallest absolute Gasteiger partial charge is 0.474 e. The molecule has 2 aliphatic heterocycles. The van der Waals surface area contributed by atoms with Crippen LogP contribution in [-0.2, 0) is 16.0 Å². The van der Waals surface area contributed by atoms with E-state index in [2.05, 4.69) is 15.0 Å². The molecular formula is C16H16BN3O4. The highest BCUT2D eigenvalue weighted by Gasteiger charge is 2.30. The summed E-state index contributed by atoms with van der Waals surface area (Å²) in [6.07, 6.45) is 3.10. The minimum atomic E-state index is -0.905. The van der Waals surface area contributed by atoms with Gasteiger partial charge in [-0.2, -0.15) is 0 Å². The van der Waals surface area contributed by atoms with Gasteiger partial charge in [0.1, 0.15) is 18.1 Å². The van der Waals surface area contributed by atoms with Crippen molar-refractivity contribution in [3.8, 4) is 11.6 Å². The Morgan fingerprint density at radius 1 is 1.25 bits per heavy atom. The Hall–Kier alpha value is -2.45. The second-order valence-electron chi connectivity index (χ2n) is 6.35. The van der Waals surface area contributed by atoms with Crippen LogP contribution >= 0.6 is 0 Å². The van der Waals surface area contributed by atoms with E-state index < -0.39 is 7.12 Å². The van der Waals surface area contributed by atoms with Gasteiger partial charge in [-0.05, 0) is 25.4 Å². The zero-order valence-electron chi connectivity index (χ0n) is 13.4. The molecule has 1 N–H and O–H groups in total. The zero-order chi connectivity index (χ0) is 16.7. The molecule has 0 spiro atoms. The van der Waals surface area contributed by atoms with Crippen molar-refractivity contribution in [3.63, 3.8) is 0 Å². The highest BCUT2D eigenvalue weighted by Crippen LogP contribution is 2.26. The fraction of sp³-hybridized carbons (Fsp3) is 0.312. The summed E-state index contributed by atoms with van der Waals surface area (Å²) in [5.74, 6) is 1.45. The molecule has 0 unspecified atom stereocenters. The molecule has 0 radical (unpaired) electrons. The number of hydrogen-bond donors (Lipinski definition) is 1. The highest BCUT2D eigenvalue weighted by molar-refractivity contribution is 6.61. The lowest BCUT2D eigenvalue weighted by atomic mass is 9.79. The number of fused-ring (bicyclic) bond motifs is 1. The molecule has 2 aliphatic rings. The van der Waals surface area contributed by atoms with Crippen LogP contribution < -0.4 is 10.2 Å². The monoisotopic (exact) mass is 325 g/mol. The summed E-state index contributed by atoms with van der Waals surface area (Å²) in [4.78, 5) is 13.0. The van der Waals surface area contributed by atoms with Gasteiger partial charge in [-0.25, -0.2) is 15.0 Å². The lowest BCUT2D eigenvalue weighted by Crippen LogP contribution is -2.27. The van der Waals surface area contributed by atoms with Crippen LogP contribution in [-0.4, -0.2) is 40.2 Å². The fourth-order valence-electron chi connectivity index (χ4n) is 2.62. The molecule has 7 nitrogen and oxygen atoms in total. The maximum absolute atomic E-state index is 9.74. The fourth-order valence-corrected chi connectivity index (χ4v) is 2.62. The summed E-state index contributed by atoms with van der Waals surface area (Å²) in [6.45, 7) is 4.83. The molecule has 0 saturated carbocycles. The van der Waals surface area contributed by atoms with Crippen molar-refractivity contribution < 1.29 is 19.2 Å². The first-order valence-electron chi connectivity index (χ1n) is 7.66. The predicted octanol–water partition coefficient (Wildman–Crippen LogP) is 1.04. The van der Waals surface area contributed by atoms with Gasteiger partial charge in [-0.15, -0.1) is 0 Å². The molecule has 2 aromatic rings. The Labute approximate surface area is 139 Å². The van der Waals surface area contributed by atoms with Crippen LogP contribution in [0.3, 0.4) is 0 Å². The van der Waals surface area contributed by atoms with Gasteiger partial charge in [0.2, 0.25) is 11.8 Å². The first-order chi connectivity index (χ1) is 11.5. The standard InChI is InChI=1S/C16H16BN3O4/c1-16(2)9-22-15(20-16)12-6-19-14(7-18-12)24-13-5-3-4-11-10(13)8-23-17(11)21/h3-7,21H,8-9H2,1-2H3. The van der Waals surface area contributed by atoms with Gasteiger partial charge in [0.25, 0.3) is 0 Å². The molecular weight excluding hydrogens is 309 g/mol. The van der Waals surface area contributed by atoms with Crippen molar-refractivity contribution in [2.45, 2.75) is 26.0 Å².